The van der Waals surface area contributed by atoms with Gasteiger partial charge in [-0.2, -0.15) is 0 Å². The van der Waals surface area contributed by atoms with Crippen LogP contribution in [0, 0.1) is 0 Å². The Morgan fingerprint density at radius 3 is 1.43 bits per heavy atom. The van der Waals surface area contributed by atoms with E-state index in [-0.39, 0.29) is 19.8 Å². The summed E-state index contributed by atoms with van der Waals surface area (Å²) in [4.78, 5) is 24.5. The van der Waals surface area contributed by atoms with Crippen LogP contribution in [0.1, 0.15) is 39.5 Å². The van der Waals surface area contributed by atoms with Crippen molar-refractivity contribution in [3.63, 3.8) is 0 Å². The molecular weight excluding hydrogens is 399 g/mol. The van der Waals surface area contributed by atoms with E-state index in [9.17, 15) is 9.59 Å². The van der Waals surface area contributed by atoms with Gasteiger partial charge < -0.3 is 0 Å². The monoisotopic (exact) mass is 424 g/mol. The van der Waals surface area contributed by atoms with Crippen LogP contribution in [-0.4, -0.2) is 31.1 Å². The van der Waals surface area contributed by atoms with E-state index < -0.39 is 19.2 Å². The predicted octanol–water partition coefficient (Wildman–Crippen LogP) is 4.11. The van der Waals surface area contributed by atoms with Gasteiger partial charge >= 0.3 is 143 Å². The first-order chi connectivity index (χ1) is 11.1. The number of hydrogen-bond donors (Lipinski definition) is 0. The van der Waals surface area contributed by atoms with Gasteiger partial charge in [0.2, 0.25) is 0 Å². The van der Waals surface area contributed by atoms with Crippen LogP contribution in [0.25, 0.3) is 0 Å². The Balaban J connectivity index is 2.35. The Morgan fingerprint density at radius 2 is 1.13 bits per heavy atom. The van der Waals surface area contributed by atoms with E-state index >= 15 is 0 Å². The number of allylic oxidation sites excluding steroid dienone is 8. The van der Waals surface area contributed by atoms with E-state index in [1.165, 1.54) is 0 Å². The van der Waals surface area contributed by atoms with Crippen molar-refractivity contribution in [2.75, 3.05) is 0 Å². The molecule has 5 heteroatoms. The van der Waals surface area contributed by atoms with Gasteiger partial charge in [-0.3, -0.25) is 0 Å². The molecule has 0 atom stereocenters. The summed E-state index contributed by atoms with van der Waals surface area (Å²) in [5.74, 6) is -0.509. The van der Waals surface area contributed by atoms with Gasteiger partial charge in [0.05, 0.1) is 0 Å². The van der Waals surface area contributed by atoms with E-state index in [1.807, 2.05) is 62.5 Å². The van der Waals surface area contributed by atoms with Crippen molar-refractivity contribution in [3.05, 3.63) is 48.6 Å². The van der Waals surface area contributed by atoms with Crippen LogP contribution in [0.3, 0.4) is 0 Å². The van der Waals surface area contributed by atoms with E-state index in [0.717, 1.165) is 12.8 Å². The molecule has 2 aliphatic rings. The van der Waals surface area contributed by atoms with Crippen molar-refractivity contribution in [1.82, 2.24) is 0 Å². The van der Waals surface area contributed by atoms with Gasteiger partial charge in [-0.1, -0.05) is 0 Å². The molecule has 0 saturated carbocycles. The van der Waals surface area contributed by atoms with E-state index in [4.69, 9.17) is 6.15 Å². The molecule has 0 heterocycles. The average molecular weight is 423 g/mol. The molecule has 0 aliphatic heterocycles. The Hall–Kier alpha value is -1.30. The van der Waals surface area contributed by atoms with Gasteiger partial charge in [0, 0.05) is 0 Å². The van der Waals surface area contributed by atoms with Gasteiger partial charge in [-0.25, -0.2) is 0 Å². The van der Waals surface area contributed by atoms with Crippen molar-refractivity contribution in [1.29, 1.82) is 0 Å². The van der Waals surface area contributed by atoms with Crippen LogP contribution < -0.4 is 0 Å². The molecule has 0 unspecified atom stereocenters. The van der Waals surface area contributed by atoms with Gasteiger partial charge in [0.15, 0.2) is 0 Å². The molecule has 0 fully saturated rings. The molecule has 0 amide bonds. The van der Waals surface area contributed by atoms with Gasteiger partial charge in [-0.05, 0) is 0 Å². The van der Waals surface area contributed by atoms with Gasteiger partial charge in [-0.15, -0.1) is 0 Å². The summed E-state index contributed by atoms with van der Waals surface area (Å²) in [5.41, 5.74) is 0. The summed E-state index contributed by atoms with van der Waals surface area (Å²) < 4.78 is 11.8. The third-order valence-electron chi connectivity index (χ3n) is 3.88. The van der Waals surface area contributed by atoms with Crippen molar-refractivity contribution >= 4 is 31.1 Å². The van der Waals surface area contributed by atoms with Crippen LogP contribution in [0.15, 0.2) is 48.6 Å². The van der Waals surface area contributed by atoms with Crippen molar-refractivity contribution in [3.8, 4) is 0 Å². The minimum absolute atomic E-state index is 0.0803. The Morgan fingerprint density at radius 1 is 0.783 bits per heavy atom. The number of carbonyl (C=O) groups is 2. The van der Waals surface area contributed by atoms with Gasteiger partial charge in [0.1, 0.15) is 0 Å². The van der Waals surface area contributed by atoms with Crippen molar-refractivity contribution < 1.29 is 15.7 Å². The molecule has 23 heavy (non-hydrogen) atoms. The molecule has 0 spiro atoms. The average Bonchev–Trinajstić information content (AvgIpc) is 3.21. The van der Waals surface area contributed by atoms with E-state index in [2.05, 4.69) is 0 Å². The first kappa shape index (κ1) is 18.0. The second-order valence-electron chi connectivity index (χ2n) is 5.76. The minimum atomic E-state index is -4.12. The van der Waals surface area contributed by atoms with E-state index in [1.54, 1.807) is 0 Å². The first-order valence-corrected chi connectivity index (χ1v) is 13.9. The second kappa shape index (κ2) is 8.52. The zero-order chi connectivity index (χ0) is 16.7. The molecule has 0 aromatic rings. The molecule has 124 valence electrons. The summed E-state index contributed by atoms with van der Waals surface area (Å²) >= 11 is -4.12. The molecule has 0 radical (unpaired) electrons. The van der Waals surface area contributed by atoms with Crippen LogP contribution >= 0.6 is 0 Å². The molecular formula is C18H24O4Sn. The summed E-state index contributed by atoms with van der Waals surface area (Å²) in [6, 6.07) is 0. The second-order valence-corrected chi connectivity index (χ2v) is 14.8. The van der Waals surface area contributed by atoms with Crippen LogP contribution in [0.5, 0.6) is 0 Å². The molecule has 0 aromatic heterocycles. The summed E-state index contributed by atoms with van der Waals surface area (Å²) in [6.45, 7) is 3.87. The fraction of sp³-hybridized carbons (Fsp3) is 0.444. The maximum atomic E-state index is 12.3. The summed E-state index contributed by atoms with van der Waals surface area (Å²) in [7, 11) is 0. The van der Waals surface area contributed by atoms with Crippen LogP contribution in [-0.2, 0) is 15.7 Å². The molecule has 0 aromatic carbocycles. The van der Waals surface area contributed by atoms with E-state index in [0.29, 0.717) is 12.8 Å². The Bertz CT molecular complexity index is 485. The quantitative estimate of drug-likeness (QED) is 0.552. The molecule has 0 N–H and O–H groups in total. The normalized spacial score (nSPS) is 17.1. The molecule has 0 saturated heterocycles. The number of rotatable bonds is 8. The zero-order valence-corrected chi connectivity index (χ0v) is 16.6. The van der Waals surface area contributed by atoms with Crippen LogP contribution in [0.4, 0.5) is 0 Å². The molecule has 4 nitrogen and oxygen atoms in total. The number of carbonyl (C=O) groups excluding carboxylic acids is 2. The fourth-order valence-corrected chi connectivity index (χ4v) is 12.7. The fourth-order valence-electron chi connectivity index (χ4n) is 2.78. The van der Waals surface area contributed by atoms with Crippen molar-refractivity contribution in [2.24, 2.45) is 0 Å². The Kier molecular flexibility index (Phi) is 6.69. The molecule has 2 aliphatic carbocycles. The third kappa shape index (κ3) is 4.37. The standard InChI is InChI=1S/2C5H5.2C4H8O2.Sn/c2*1-2-4-5-3-1;2*1-2-3-4(5)6;/h2*1-5H;2*2-3H2,1H3,(H,5,6);/q;;;;+2/p-2. The maximum absolute atomic E-state index is 12.3. The molecule has 2 rings (SSSR count). The topological polar surface area (TPSA) is 52.6 Å². The predicted molar refractivity (Wildman–Crippen MR) is 91.8 cm³/mol. The third-order valence-corrected chi connectivity index (χ3v) is 14.5. The SMILES string of the molecule is CCCC(=O)[O][Sn]([O]C(=O)CCC)([CH]1C=CC=C1)[CH]1C=CC=C1. The molecule has 0 bridgehead atoms. The summed E-state index contributed by atoms with van der Waals surface area (Å²) in [5, 5.41) is 0. The van der Waals surface area contributed by atoms with Gasteiger partial charge in [0.25, 0.3) is 0 Å². The Labute approximate surface area is 142 Å². The zero-order valence-electron chi connectivity index (χ0n) is 13.7. The summed E-state index contributed by atoms with van der Waals surface area (Å²) in [6.07, 6.45) is 17.8. The number of hydrogen-bond acceptors (Lipinski definition) is 4. The van der Waals surface area contributed by atoms with Crippen LogP contribution in [0.2, 0.25) is 7.87 Å². The first-order valence-electron chi connectivity index (χ1n) is 8.26. The van der Waals surface area contributed by atoms with Crippen molar-refractivity contribution in [2.45, 2.75) is 47.4 Å².